The number of ketones is 1. The van der Waals surface area contributed by atoms with Gasteiger partial charge in [-0.15, -0.1) is 0 Å². The second kappa shape index (κ2) is 3.81. The summed E-state index contributed by atoms with van der Waals surface area (Å²) in [5.41, 5.74) is 1.15. The van der Waals surface area contributed by atoms with Gasteiger partial charge in [0.1, 0.15) is 5.60 Å². The number of rotatable bonds is 0. The lowest BCUT2D eigenvalue weighted by Gasteiger charge is -2.44. The zero-order valence-electron chi connectivity index (χ0n) is 10.5. The van der Waals surface area contributed by atoms with E-state index in [1.807, 2.05) is 12.2 Å². The van der Waals surface area contributed by atoms with Crippen molar-refractivity contribution in [2.45, 2.75) is 51.0 Å². The van der Waals surface area contributed by atoms with E-state index in [4.69, 9.17) is 4.74 Å². The molecule has 3 rings (SSSR count). The van der Waals surface area contributed by atoms with Crippen LogP contribution in [0.25, 0.3) is 0 Å². The normalized spacial score (nSPS) is 41.2. The van der Waals surface area contributed by atoms with Gasteiger partial charge in [-0.25, -0.2) is 0 Å². The molecule has 2 heteroatoms. The van der Waals surface area contributed by atoms with Crippen molar-refractivity contribution in [2.24, 2.45) is 5.41 Å². The molecular weight excluding hydrogens is 212 g/mol. The molecule has 3 aliphatic rings. The van der Waals surface area contributed by atoms with E-state index in [1.165, 1.54) is 31.3 Å². The minimum atomic E-state index is -0.263. The van der Waals surface area contributed by atoms with Gasteiger partial charge < -0.3 is 4.74 Å². The van der Waals surface area contributed by atoms with Gasteiger partial charge in [0.05, 0.1) is 0 Å². The van der Waals surface area contributed by atoms with E-state index in [1.54, 1.807) is 6.08 Å². The highest BCUT2D eigenvalue weighted by Crippen LogP contribution is 2.54. The molecule has 2 fully saturated rings. The van der Waals surface area contributed by atoms with Crippen LogP contribution < -0.4 is 0 Å². The summed E-state index contributed by atoms with van der Waals surface area (Å²) in [6.45, 7) is 3.16. The van der Waals surface area contributed by atoms with Crippen LogP contribution in [0, 0.1) is 5.41 Å². The first-order valence-electron chi connectivity index (χ1n) is 6.75. The van der Waals surface area contributed by atoms with Gasteiger partial charge in [0, 0.05) is 12.0 Å². The van der Waals surface area contributed by atoms with Crippen LogP contribution in [0.3, 0.4) is 0 Å². The maximum absolute atomic E-state index is 11.6. The molecule has 2 atom stereocenters. The van der Waals surface area contributed by atoms with Crippen molar-refractivity contribution >= 4 is 5.78 Å². The summed E-state index contributed by atoms with van der Waals surface area (Å²) in [5, 5.41) is 0. The van der Waals surface area contributed by atoms with Gasteiger partial charge in [0.25, 0.3) is 0 Å². The molecule has 0 N–H and O–H groups in total. The molecular formula is C15H20O2. The molecule has 0 amide bonds. The van der Waals surface area contributed by atoms with Crippen LogP contribution in [0.5, 0.6) is 0 Å². The Balaban J connectivity index is 2.08. The number of carbonyl (C=O) groups excluding carboxylic acids is 1. The van der Waals surface area contributed by atoms with Crippen molar-refractivity contribution in [3.63, 3.8) is 0 Å². The highest BCUT2D eigenvalue weighted by molar-refractivity contribution is 6.01. The third-order valence-electron chi connectivity index (χ3n) is 4.83. The van der Waals surface area contributed by atoms with E-state index in [0.717, 1.165) is 19.4 Å². The van der Waals surface area contributed by atoms with E-state index in [-0.39, 0.29) is 16.8 Å². The Bertz CT molecular complexity index is 407. The summed E-state index contributed by atoms with van der Waals surface area (Å²) in [6, 6.07) is 0. The molecule has 1 spiro atoms. The smallest absolute Gasteiger partial charge is 0.178 e. The molecule has 2 nitrogen and oxygen atoms in total. The third-order valence-corrected chi connectivity index (χ3v) is 4.83. The fourth-order valence-corrected chi connectivity index (χ4v) is 3.74. The van der Waals surface area contributed by atoms with Crippen molar-refractivity contribution in [2.75, 3.05) is 6.61 Å². The van der Waals surface area contributed by atoms with Crippen LogP contribution in [0.4, 0.5) is 0 Å². The number of hydrogen-bond acceptors (Lipinski definition) is 2. The predicted octanol–water partition coefficient (Wildman–Crippen LogP) is 3.18. The Labute approximate surface area is 103 Å². The molecule has 1 unspecified atom stereocenters. The fraction of sp³-hybridized carbons (Fsp3) is 0.667. The van der Waals surface area contributed by atoms with Gasteiger partial charge in [-0.2, -0.15) is 0 Å². The largest absolute Gasteiger partial charge is 0.366 e. The van der Waals surface area contributed by atoms with E-state index < -0.39 is 0 Å². The van der Waals surface area contributed by atoms with Crippen molar-refractivity contribution in [1.82, 2.24) is 0 Å². The molecule has 0 aromatic heterocycles. The topological polar surface area (TPSA) is 26.3 Å². The highest BCUT2D eigenvalue weighted by Gasteiger charge is 2.54. The average Bonchev–Trinajstić information content (AvgIpc) is 2.59. The van der Waals surface area contributed by atoms with E-state index in [2.05, 4.69) is 6.92 Å². The first-order chi connectivity index (χ1) is 8.16. The monoisotopic (exact) mass is 232 g/mol. The Morgan fingerprint density at radius 1 is 1.24 bits per heavy atom. The number of ether oxygens (including phenoxy) is 1. The SMILES string of the molecule is CC12CCCCCC3=CC(=O)C=C[C@]31OCC2. The van der Waals surface area contributed by atoms with Gasteiger partial charge in [-0.1, -0.05) is 19.8 Å². The lowest BCUT2D eigenvalue weighted by Crippen LogP contribution is -2.45. The van der Waals surface area contributed by atoms with Gasteiger partial charge in [-0.05, 0) is 49.5 Å². The zero-order chi connectivity index (χ0) is 11.9. The number of carbonyl (C=O) groups is 1. The summed E-state index contributed by atoms with van der Waals surface area (Å²) in [6.07, 6.45) is 12.7. The molecule has 1 saturated carbocycles. The maximum atomic E-state index is 11.6. The Hall–Kier alpha value is -0.890. The van der Waals surface area contributed by atoms with Crippen molar-refractivity contribution in [3.8, 4) is 0 Å². The van der Waals surface area contributed by atoms with Crippen molar-refractivity contribution < 1.29 is 9.53 Å². The first kappa shape index (κ1) is 11.2. The fourth-order valence-electron chi connectivity index (χ4n) is 3.74. The highest BCUT2D eigenvalue weighted by atomic mass is 16.5. The zero-order valence-corrected chi connectivity index (χ0v) is 10.5. The minimum absolute atomic E-state index is 0.129. The van der Waals surface area contributed by atoms with Crippen LogP contribution in [0.2, 0.25) is 0 Å². The van der Waals surface area contributed by atoms with Crippen molar-refractivity contribution in [3.05, 3.63) is 23.8 Å². The second-order valence-electron chi connectivity index (χ2n) is 5.86. The van der Waals surface area contributed by atoms with E-state index in [9.17, 15) is 4.79 Å². The van der Waals surface area contributed by atoms with Gasteiger partial charge in [0.2, 0.25) is 0 Å². The predicted molar refractivity (Wildman–Crippen MR) is 66.7 cm³/mol. The Morgan fingerprint density at radius 2 is 2.12 bits per heavy atom. The first-order valence-corrected chi connectivity index (χ1v) is 6.75. The molecule has 17 heavy (non-hydrogen) atoms. The van der Waals surface area contributed by atoms with Crippen LogP contribution in [-0.4, -0.2) is 18.0 Å². The lowest BCUT2D eigenvalue weighted by atomic mass is 9.63. The maximum Gasteiger partial charge on any atom is 0.178 e. The summed E-state index contributed by atoms with van der Waals surface area (Å²) < 4.78 is 6.13. The molecule has 0 aromatic carbocycles. The summed E-state index contributed by atoms with van der Waals surface area (Å²) in [5.74, 6) is 0.129. The van der Waals surface area contributed by atoms with Crippen LogP contribution in [0.15, 0.2) is 23.8 Å². The Morgan fingerprint density at radius 3 is 3.00 bits per heavy atom. The molecule has 0 radical (unpaired) electrons. The average molecular weight is 232 g/mol. The van der Waals surface area contributed by atoms with Gasteiger partial charge in [-0.3, -0.25) is 4.79 Å². The van der Waals surface area contributed by atoms with Crippen LogP contribution in [0.1, 0.15) is 45.4 Å². The molecule has 1 saturated heterocycles. The molecule has 1 aliphatic heterocycles. The molecule has 92 valence electrons. The second-order valence-corrected chi connectivity index (χ2v) is 5.86. The minimum Gasteiger partial charge on any atom is -0.366 e. The Kier molecular flexibility index (Phi) is 2.51. The van der Waals surface area contributed by atoms with Gasteiger partial charge in [0.15, 0.2) is 5.78 Å². The standard InChI is InChI=1S/C15H20O2/c1-14-7-4-2-3-5-12-11-13(16)6-8-15(12,14)17-10-9-14/h6,8,11H,2-5,7,9-10H2,1H3/t14?,15-/m0/s1. The quantitative estimate of drug-likeness (QED) is 0.641. The lowest BCUT2D eigenvalue weighted by molar-refractivity contribution is -0.111. The molecule has 0 aromatic rings. The molecule has 2 aliphatic carbocycles. The summed E-state index contributed by atoms with van der Waals surface area (Å²) >= 11 is 0. The van der Waals surface area contributed by atoms with Crippen molar-refractivity contribution in [1.29, 1.82) is 0 Å². The van der Waals surface area contributed by atoms with Crippen LogP contribution in [-0.2, 0) is 9.53 Å². The molecule has 1 heterocycles. The van der Waals surface area contributed by atoms with E-state index in [0.29, 0.717) is 0 Å². The van der Waals surface area contributed by atoms with Gasteiger partial charge >= 0.3 is 0 Å². The number of allylic oxidation sites excluding steroid dienone is 2. The van der Waals surface area contributed by atoms with E-state index >= 15 is 0 Å². The van der Waals surface area contributed by atoms with Crippen LogP contribution >= 0.6 is 0 Å². The summed E-state index contributed by atoms with van der Waals surface area (Å²) in [4.78, 5) is 11.6. The summed E-state index contributed by atoms with van der Waals surface area (Å²) in [7, 11) is 0. The number of hydrogen-bond donors (Lipinski definition) is 0. The third kappa shape index (κ3) is 1.54. The molecule has 0 bridgehead atoms.